The fourth-order valence-corrected chi connectivity index (χ4v) is 3.20. The molecular weight excluding hydrogens is 260 g/mol. The minimum atomic E-state index is -0.0419. The highest BCUT2D eigenvalue weighted by atomic mass is 32.1. The first-order valence-corrected chi connectivity index (χ1v) is 7.93. The Morgan fingerprint density at radius 2 is 2.42 bits per heavy atom. The Balaban J connectivity index is 1.88. The van der Waals surface area contributed by atoms with Crippen LogP contribution < -0.4 is 0 Å². The number of hydrogen-bond acceptors (Lipinski definition) is 5. The number of carbonyl (C=O) groups is 1. The lowest BCUT2D eigenvalue weighted by molar-refractivity contribution is -0.150. The van der Waals surface area contributed by atoms with Gasteiger partial charge in [-0.1, -0.05) is 6.92 Å². The van der Waals surface area contributed by atoms with Gasteiger partial charge in [0.2, 0.25) is 0 Å². The van der Waals surface area contributed by atoms with Gasteiger partial charge in [0, 0.05) is 18.5 Å². The number of piperidine rings is 1. The summed E-state index contributed by atoms with van der Waals surface area (Å²) in [7, 11) is 0. The Morgan fingerprint density at radius 3 is 3.11 bits per heavy atom. The average molecular weight is 282 g/mol. The number of likely N-dealkylation sites (tertiary alicyclic amines) is 1. The largest absolute Gasteiger partial charge is 0.466 e. The van der Waals surface area contributed by atoms with Gasteiger partial charge in [0.05, 0.1) is 23.2 Å². The van der Waals surface area contributed by atoms with Crippen LogP contribution in [-0.4, -0.2) is 35.5 Å². The molecule has 4 nitrogen and oxygen atoms in total. The molecule has 2 rings (SSSR count). The zero-order chi connectivity index (χ0) is 13.7. The van der Waals surface area contributed by atoms with Gasteiger partial charge in [-0.2, -0.15) is 0 Å². The molecule has 0 aliphatic carbocycles. The summed E-state index contributed by atoms with van der Waals surface area (Å²) in [5.41, 5.74) is 1.13. The van der Waals surface area contributed by atoms with Crippen LogP contribution in [0, 0.1) is 5.92 Å². The molecule has 0 unspecified atom stereocenters. The third-order valence-corrected chi connectivity index (χ3v) is 4.45. The number of ether oxygens (including phenoxy) is 1. The first-order valence-electron chi connectivity index (χ1n) is 7.05. The van der Waals surface area contributed by atoms with Crippen LogP contribution in [-0.2, 0) is 22.5 Å². The van der Waals surface area contributed by atoms with E-state index in [0.29, 0.717) is 6.61 Å². The molecule has 1 aliphatic rings. The molecule has 106 valence electrons. The Labute approximate surface area is 118 Å². The van der Waals surface area contributed by atoms with Crippen LogP contribution in [0.5, 0.6) is 0 Å². The van der Waals surface area contributed by atoms with Crippen molar-refractivity contribution in [1.82, 2.24) is 9.88 Å². The molecule has 1 aromatic heterocycles. The number of hydrogen-bond donors (Lipinski definition) is 0. The van der Waals surface area contributed by atoms with Crippen LogP contribution in [0.1, 0.15) is 37.4 Å². The van der Waals surface area contributed by atoms with Gasteiger partial charge in [0.25, 0.3) is 0 Å². The Morgan fingerprint density at radius 1 is 1.58 bits per heavy atom. The molecule has 0 saturated carbocycles. The smallest absolute Gasteiger partial charge is 0.310 e. The second kappa shape index (κ2) is 7.01. The Kier molecular flexibility index (Phi) is 5.34. The topological polar surface area (TPSA) is 42.4 Å². The zero-order valence-electron chi connectivity index (χ0n) is 11.7. The second-order valence-electron chi connectivity index (χ2n) is 4.91. The van der Waals surface area contributed by atoms with E-state index in [1.165, 1.54) is 5.01 Å². The molecule has 1 aliphatic heterocycles. The van der Waals surface area contributed by atoms with E-state index in [0.717, 1.165) is 44.6 Å². The fraction of sp³-hybridized carbons (Fsp3) is 0.714. The fourth-order valence-electron chi connectivity index (χ4n) is 2.46. The van der Waals surface area contributed by atoms with Gasteiger partial charge >= 0.3 is 5.97 Å². The maximum atomic E-state index is 11.8. The van der Waals surface area contributed by atoms with E-state index in [9.17, 15) is 4.79 Å². The van der Waals surface area contributed by atoms with Crippen molar-refractivity contribution in [3.8, 4) is 0 Å². The van der Waals surface area contributed by atoms with Crippen LogP contribution in [0.3, 0.4) is 0 Å². The van der Waals surface area contributed by atoms with Crippen LogP contribution in [0.15, 0.2) is 5.38 Å². The van der Waals surface area contributed by atoms with Crippen LogP contribution >= 0.6 is 11.3 Å². The normalized spacial score (nSPS) is 20.4. The molecule has 0 radical (unpaired) electrons. The molecule has 2 heterocycles. The third-order valence-electron chi connectivity index (χ3n) is 3.41. The minimum absolute atomic E-state index is 0.0398. The van der Waals surface area contributed by atoms with Crippen LogP contribution in [0.25, 0.3) is 0 Å². The van der Waals surface area contributed by atoms with Crippen molar-refractivity contribution in [3.05, 3.63) is 16.1 Å². The second-order valence-corrected chi connectivity index (χ2v) is 5.86. The van der Waals surface area contributed by atoms with Gasteiger partial charge in [-0.25, -0.2) is 4.98 Å². The Bertz CT molecular complexity index is 419. The number of rotatable bonds is 5. The molecule has 0 amide bonds. The first-order chi connectivity index (χ1) is 9.22. The lowest BCUT2D eigenvalue weighted by Gasteiger charge is -2.30. The predicted octanol–water partition coefficient (Wildman–Crippen LogP) is 2.48. The van der Waals surface area contributed by atoms with Gasteiger partial charge in [-0.3, -0.25) is 9.69 Å². The van der Waals surface area contributed by atoms with Gasteiger partial charge in [0.1, 0.15) is 0 Å². The van der Waals surface area contributed by atoms with Crippen LogP contribution in [0.4, 0.5) is 0 Å². The minimum Gasteiger partial charge on any atom is -0.466 e. The summed E-state index contributed by atoms with van der Waals surface area (Å²) < 4.78 is 5.12. The van der Waals surface area contributed by atoms with E-state index in [2.05, 4.69) is 22.2 Å². The monoisotopic (exact) mass is 282 g/mol. The molecule has 1 fully saturated rings. The highest BCUT2D eigenvalue weighted by Gasteiger charge is 2.27. The lowest BCUT2D eigenvalue weighted by Crippen LogP contribution is -2.39. The number of nitrogens with zero attached hydrogens (tertiary/aromatic N) is 2. The average Bonchev–Trinajstić information content (AvgIpc) is 2.87. The first kappa shape index (κ1) is 14.5. The van der Waals surface area contributed by atoms with Gasteiger partial charge < -0.3 is 4.74 Å². The molecule has 0 aromatic carbocycles. The highest BCUT2D eigenvalue weighted by Crippen LogP contribution is 2.20. The Hall–Kier alpha value is -0.940. The molecule has 1 atom stereocenters. The maximum absolute atomic E-state index is 11.8. The number of aryl methyl sites for hydroxylation is 1. The molecular formula is C14H22N2O2S. The van der Waals surface area contributed by atoms with Gasteiger partial charge in [0.15, 0.2) is 0 Å². The maximum Gasteiger partial charge on any atom is 0.310 e. The predicted molar refractivity (Wildman–Crippen MR) is 76.1 cm³/mol. The van der Waals surface area contributed by atoms with Crippen molar-refractivity contribution in [2.75, 3.05) is 19.7 Å². The van der Waals surface area contributed by atoms with E-state index in [1.807, 2.05) is 6.92 Å². The van der Waals surface area contributed by atoms with Gasteiger partial charge in [-0.05, 0) is 32.7 Å². The number of aromatic nitrogens is 1. The van der Waals surface area contributed by atoms with E-state index >= 15 is 0 Å². The number of esters is 1. The van der Waals surface area contributed by atoms with E-state index in [4.69, 9.17) is 4.74 Å². The van der Waals surface area contributed by atoms with E-state index in [-0.39, 0.29) is 11.9 Å². The van der Waals surface area contributed by atoms with E-state index in [1.54, 1.807) is 11.3 Å². The molecule has 0 spiro atoms. The standard InChI is InChI=1S/C14H22N2O2S/c1-3-13-15-12(10-19-13)9-16-7-5-6-11(8-16)14(17)18-4-2/h10-11H,3-9H2,1-2H3/t11-/m1/s1. The van der Waals surface area contributed by atoms with Crippen molar-refractivity contribution in [1.29, 1.82) is 0 Å². The quantitative estimate of drug-likeness (QED) is 0.778. The molecule has 1 aromatic rings. The lowest BCUT2D eigenvalue weighted by atomic mass is 9.98. The SMILES string of the molecule is CCOC(=O)[C@@H]1CCCN(Cc2csc(CC)n2)C1. The summed E-state index contributed by atoms with van der Waals surface area (Å²) in [5.74, 6) is -0.00212. The number of thiazole rings is 1. The van der Waals surface area contributed by atoms with Gasteiger partial charge in [-0.15, -0.1) is 11.3 Å². The highest BCUT2D eigenvalue weighted by molar-refractivity contribution is 7.09. The summed E-state index contributed by atoms with van der Waals surface area (Å²) in [6, 6.07) is 0. The zero-order valence-corrected chi connectivity index (χ0v) is 12.5. The van der Waals surface area contributed by atoms with Crippen molar-refractivity contribution in [2.24, 2.45) is 5.92 Å². The van der Waals surface area contributed by atoms with Crippen molar-refractivity contribution >= 4 is 17.3 Å². The number of carbonyl (C=O) groups excluding carboxylic acids is 1. The molecule has 0 bridgehead atoms. The van der Waals surface area contributed by atoms with Crippen molar-refractivity contribution in [2.45, 2.75) is 39.7 Å². The van der Waals surface area contributed by atoms with E-state index < -0.39 is 0 Å². The molecule has 1 saturated heterocycles. The molecule has 5 heteroatoms. The summed E-state index contributed by atoms with van der Waals surface area (Å²) in [5, 5.41) is 3.32. The summed E-state index contributed by atoms with van der Waals surface area (Å²) in [6.07, 6.45) is 3.01. The van der Waals surface area contributed by atoms with Crippen molar-refractivity contribution < 1.29 is 9.53 Å². The van der Waals surface area contributed by atoms with Crippen molar-refractivity contribution in [3.63, 3.8) is 0 Å². The van der Waals surface area contributed by atoms with Crippen LogP contribution in [0.2, 0.25) is 0 Å². The summed E-state index contributed by atoms with van der Waals surface area (Å²) in [4.78, 5) is 18.7. The summed E-state index contributed by atoms with van der Waals surface area (Å²) >= 11 is 1.72. The molecule has 0 N–H and O–H groups in total. The summed E-state index contributed by atoms with van der Waals surface area (Å²) in [6.45, 7) is 7.17. The molecule has 19 heavy (non-hydrogen) atoms. The third kappa shape index (κ3) is 4.01.